The quantitative estimate of drug-likeness (QED) is 0.488. The van der Waals surface area contributed by atoms with Gasteiger partial charge in [-0.15, -0.1) is 0 Å². The van der Waals surface area contributed by atoms with Crippen LogP contribution in [0.3, 0.4) is 0 Å². The summed E-state index contributed by atoms with van der Waals surface area (Å²) in [5.74, 6) is 3.15. The van der Waals surface area contributed by atoms with Crippen molar-refractivity contribution in [2.75, 3.05) is 5.75 Å². The zero-order valence-electron chi connectivity index (χ0n) is 16.4. The van der Waals surface area contributed by atoms with Gasteiger partial charge in [0, 0.05) is 0 Å². The second-order valence-electron chi connectivity index (χ2n) is 6.58. The zero-order chi connectivity index (χ0) is 19.8. The molecule has 0 fully saturated rings. The lowest BCUT2D eigenvalue weighted by Gasteiger charge is -2.24. The summed E-state index contributed by atoms with van der Waals surface area (Å²) in [7, 11) is 0. The van der Waals surface area contributed by atoms with Crippen LogP contribution in [0.2, 0.25) is 0 Å². The van der Waals surface area contributed by atoms with Crippen LogP contribution in [0.5, 0.6) is 5.75 Å². The molecule has 1 aromatic heterocycles. The summed E-state index contributed by atoms with van der Waals surface area (Å²) in [5, 5.41) is 6.38. The van der Waals surface area contributed by atoms with Crippen molar-refractivity contribution < 1.29 is 4.74 Å². The second-order valence-corrected chi connectivity index (χ2v) is 7.69. The third kappa shape index (κ3) is 5.29. The predicted molar refractivity (Wildman–Crippen MR) is 115 cm³/mol. The van der Waals surface area contributed by atoms with Gasteiger partial charge in [0.1, 0.15) is 17.7 Å². The molecular weight excluding hydrogens is 370 g/mol. The molecular formula is C22H27N3O2S. The van der Waals surface area contributed by atoms with Crippen molar-refractivity contribution in [3.8, 4) is 5.75 Å². The molecule has 1 unspecified atom stereocenters. The van der Waals surface area contributed by atoms with E-state index >= 15 is 0 Å². The monoisotopic (exact) mass is 397 g/mol. The molecule has 148 valence electrons. The molecule has 0 spiro atoms. The van der Waals surface area contributed by atoms with Gasteiger partial charge < -0.3 is 4.74 Å². The standard InChI is InChI=1S/C22H27N3O2S/c1-3-16-9-8-10-17(4-2)21(16)19(27-18-11-6-5-7-12-18)13-14-28-15-20-23-22(26)25-24-20/h5-12,19H,3-4,13-15H2,1-2H3,(H2,23,24,25,26). The fourth-order valence-electron chi connectivity index (χ4n) is 3.35. The molecule has 1 heterocycles. The van der Waals surface area contributed by atoms with Gasteiger partial charge in [-0.3, -0.25) is 4.98 Å². The number of ether oxygens (including phenoxy) is 1. The number of hydrogen-bond donors (Lipinski definition) is 2. The average Bonchev–Trinajstić information content (AvgIpc) is 3.15. The van der Waals surface area contributed by atoms with E-state index in [-0.39, 0.29) is 11.8 Å². The molecule has 0 saturated heterocycles. The first kappa shape index (κ1) is 20.3. The minimum atomic E-state index is -0.259. The maximum absolute atomic E-state index is 11.2. The van der Waals surface area contributed by atoms with E-state index < -0.39 is 0 Å². The van der Waals surface area contributed by atoms with Crippen LogP contribution in [0, 0.1) is 0 Å². The van der Waals surface area contributed by atoms with Crippen LogP contribution < -0.4 is 10.4 Å². The second kappa shape index (κ2) is 10.2. The highest BCUT2D eigenvalue weighted by molar-refractivity contribution is 7.98. The molecule has 0 aliphatic rings. The first-order chi connectivity index (χ1) is 13.7. The van der Waals surface area contributed by atoms with Gasteiger partial charge >= 0.3 is 5.69 Å². The van der Waals surface area contributed by atoms with E-state index in [1.54, 1.807) is 11.8 Å². The van der Waals surface area contributed by atoms with Crippen molar-refractivity contribution in [1.82, 2.24) is 15.2 Å². The highest BCUT2D eigenvalue weighted by Crippen LogP contribution is 2.32. The number of H-pyrrole nitrogens is 2. The molecule has 2 aromatic carbocycles. The van der Waals surface area contributed by atoms with Crippen LogP contribution in [0.4, 0.5) is 0 Å². The highest BCUT2D eigenvalue weighted by Gasteiger charge is 2.20. The van der Waals surface area contributed by atoms with Crippen molar-refractivity contribution in [2.24, 2.45) is 0 Å². The Morgan fingerprint density at radius 2 is 1.75 bits per heavy atom. The van der Waals surface area contributed by atoms with Gasteiger partial charge in [0.05, 0.1) is 5.75 Å². The summed E-state index contributed by atoms with van der Waals surface area (Å²) in [6.45, 7) is 4.39. The van der Waals surface area contributed by atoms with Gasteiger partial charge in [0.15, 0.2) is 0 Å². The molecule has 5 nitrogen and oxygen atoms in total. The highest BCUT2D eigenvalue weighted by atomic mass is 32.2. The summed E-state index contributed by atoms with van der Waals surface area (Å²) in [6, 6.07) is 16.6. The van der Waals surface area contributed by atoms with Crippen LogP contribution >= 0.6 is 11.8 Å². The summed E-state index contributed by atoms with van der Waals surface area (Å²) in [6.07, 6.45) is 2.86. The molecule has 1 atom stereocenters. The number of nitrogens with zero attached hydrogens (tertiary/aromatic N) is 1. The molecule has 3 rings (SSSR count). The summed E-state index contributed by atoms with van der Waals surface area (Å²) >= 11 is 1.75. The molecule has 0 saturated carbocycles. The number of benzene rings is 2. The summed E-state index contributed by atoms with van der Waals surface area (Å²) in [5.41, 5.74) is 3.76. The van der Waals surface area contributed by atoms with Crippen LogP contribution in [-0.4, -0.2) is 20.9 Å². The Labute approximate surface area is 169 Å². The SMILES string of the molecule is CCc1cccc(CC)c1C(CCSCc1n[nH]c(=O)[nH]1)Oc1ccccc1. The van der Waals surface area contributed by atoms with Crippen molar-refractivity contribution in [3.63, 3.8) is 0 Å². The van der Waals surface area contributed by atoms with E-state index in [0.29, 0.717) is 11.6 Å². The lowest BCUT2D eigenvalue weighted by Crippen LogP contribution is -2.14. The number of aromatic nitrogens is 3. The molecule has 0 aliphatic carbocycles. The van der Waals surface area contributed by atoms with Gasteiger partial charge in [-0.05, 0) is 53.8 Å². The number of rotatable bonds is 10. The minimum absolute atomic E-state index is 0.000710. The molecule has 3 aromatic rings. The van der Waals surface area contributed by atoms with Crippen LogP contribution in [0.15, 0.2) is 53.3 Å². The molecule has 6 heteroatoms. The first-order valence-corrected chi connectivity index (χ1v) is 10.9. The molecule has 2 N–H and O–H groups in total. The lowest BCUT2D eigenvalue weighted by atomic mass is 9.92. The number of thioether (sulfide) groups is 1. The van der Waals surface area contributed by atoms with E-state index in [2.05, 4.69) is 47.2 Å². The minimum Gasteiger partial charge on any atom is -0.486 e. The zero-order valence-corrected chi connectivity index (χ0v) is 17.2. The Morgan fingerprint density at radius 3 is 2.36 bits per heavy atom. The number of nitrogens with one attached hydrogen (secondary N) is 2. The average molecular weight is 398 g/mol. The van der Waals surface area contributed by atoms with E-state index in [9.17, 15) is 4.79 Å². The Bertz CT molecular complexity index is 899. The Kier molecular flexibility index (Phi) is 7.37. The Morgan fingerprint density at radius 1 is 1.04 bits per heavy atom. The van der Waals surface area contributed by atoms with Gasteiger partial charge in [-0.25, -0.2) is 9.89 Å². The fourth-order valence-corrected chi connectivity index (χ4v) is 4.21. The van der Waals surface area contributed by atoms with Crippen LogP contribution in [0.1, 0.15) is 48.9 Å². The van der Waals surface area contributed by atoms with E-state index in [1.165, 1.54) is 16.7 Å². The first-order valence-electron chi connectivity index (χ1n) is 9.75. The molecule has 0 amide bonds. The van der Waals surface area contributed by atoms with E-state index in [1.807, 2.05) is 30.3 Å². The predicted octanol–water partition coefficient (Wildman–Crippen LogP) is 4.67. The summed E-state index contributed by atoms with van der Waals surface area (Å²) < 4.78 is 6.45. The lowest BCUT2D eigenvalue weighted by molar-refractivity contribution is 0.200. The summed E-state index contributed by atoms with van der Waals surface area (Å²) in [4.78, 5) is 13.9. The van der Waals surface area contributed by atoms with Crippen molar-refractivity contribution >= 4 is 11.8 Å². The normalized spacial score (nSPS) is 12.1. The number of hydrogen-bond acceptors (Lipinski definition) is 4. The fraction of sp³-hybridized carbons (Fsp3) is 0.364. The number of aryl methyl sites for hydroxylation is 2. The van der Waals surface area contributed by atoms with Gasteiger partial charge in [-0.1, -0.05) is 50.2 Å². The maximum atomic E-state index is 11.2. The van der Waals surface area contributed by atoms with Gasteiger partial charge in [0.2, 0.25) is 0 Å². The molecule has 0 aliphatic heterocycles. The maximum Gasteiger partial charge on any atom is 0.340 e. The van der Waals surface area contributed by atoms with Crippen molar-refractivity contribution in [1.29, 1.82) is 0 Å². The van der Waals surface area contributed by atoms with Crippen molar-refractivity contribution in [2.45, 2.75) is 45.0 Å². The number of para-hydroxylation sites is 1. The van der Waals surface area contributed by atoms with E-state index in [0.717, 1.165) is 30.8 Å². The van der Waals surface area contributed by atoms with E-state index in [4.69, 9.17) is 4.74 Å². The van der Waals surface area contributed by atoms with Crippen LogP contribution in [-0.2, 0) is 18.6 Å². The van der Waals surface area contributed by atoms with Crippen LogP contribution in [0.25, 0.3) is 0 Å². The van der Waals surface area contributed by atoms with Gasteiger partial charge in [0.25, 0.3) is 0 Å². The molecule has 0 radical (unpaired) electrons. The largest absolute Gasteiger partial charge is 0.486 e. The number of aromatic amines is 2. The molecule has 0 bridgehead atoms. The third-order valence-corrected chi connectivity index (χ3v) is 5.71. The Balaban J connectivity index is 1.76. The third-order valence-electron chi connectivity index (χ3n) is 4.71. The Hall–Kier alpha value is -2.47. The van der Waals surface area contributed by atoms with Gasteiger partial charge in [-0.2, -0.15) is 16.9 Å². The topological polar surface area (TPSA) is 70.8 Å². The smallest absolute Gasteiger partial charge is 0.340 e. The van der Waals surface area contributed by atoms with Crippen molar-refractivity contribution in [3.05, 3.63) is 81.5 Å². The molecule has 28 heavy (non-hydrogen) atoms.